The van der Waals surface area contributed by atoms with E-state index in [0.717, 1.165) is 10.4 Å². The van der Waals surface area contributed by atoms with Crippen LogP contribution in [0.5, 0.6) is 0 Å². The smallest absolute Gasteiger partial charge is 0.326 e. The molecule has 0 saturated carbocycles. The number of rotatable bonds is 6. The molecule has 1 amide bonds. The highest BCUT2D eigenvalue weighted by atomic mass is 32.1. The van der Waals surface area contributed by atoms with E-state index in [4.69, 9.17) is 4.74 Å². The fourth-order valence-corrected chi connectivity index (χ4v) is 3.25. The van der Waals surface area contributed by atoms with E-state index in [2.05, 4.69) is 10.3 Å². The zero-order valence-electron chi connectivity index (χ0n) is 15.1. The molecule has 0 bridgehead atoms. The van der Waals surface area contributed by atoms with Crippen LogP contribution in [-0.2, 0) is 20.9 Å². The number of carbonyl (C=O) groups is 2. The molecule has 0 spiro atoms. The Bertz CT molecular complexity index is 853. The summed E-state index contributed by atoms with van der Waals surface area (Å²) < 4.78 is 6.33. The third-order valence-corrected chi connectivity index (χ3v) is 4.93. The molecule has 0 aromatic carbocycles. The lowest BCUT2D eigenvalue weighted by Crippen LogP contribution is -2.38. The molecule has 8 heteroatoms. The molecule has 0 unspecified atom stereocenters. The number of thiophene rings is 1. The van der Waals surface area contributed by atoms with Crippen LogP contribution in [0.3, 0.4) is 0 Å². The van der Waals surface area contributed by atoms with E-state index in [1.165, 1.54) is 29.2 Å². The van der Waals surface area contributed by atoms with E-state index in [-0.39, 0.29) is 18.0 Å². The van der Waals surface area contributed by atoms with Crippen LogP contribution in [0.1, 0.15) is 31.2 Å². The van der Waals surface area contributed by atoms with Crippen molar-refractivity contribution >= 4 is 33.4 Å². The number of carbonyl (C=O) groups excluding carboxylic acids is 2. The Morgan fingerprint density at radius 3 is 2.64 bits per heavy atom. The maximum atomic E-state index is 12.5. The van der Waals surface area contributed by atoms with E-state index in [1.54, 1.807) is 0 Å². The van der Waals surface area contributed by atoms with Gasteiger partial charge in [0.2, 0.25) is 0 Å². The highest BCUT2D eigenvalue weighted by Gasteiger charge is 2.19. The van der Waals surface area contributed by atoms with Crippen molar-refractivity contribution < 1.29 is 14.3 Å². The first-order chi connectivity index (χ1) is 11.7. The van der Waals surface area contributed by atoms with E-state index >= 15 is 0 Å². The second kappa shape index (κ2) is 7.77. The molecule has 2 aromatic heterocycles. The maximum Gasteiger partial charge on any atom is 0.326 e. The Labute approximate surface area is 150 Å². The molecule has 0 aliphatic heterocycles. The van der Waals surface area contributed by atoms with E-state index in [0.29, 0.717) is 22.7 Å². The average Bonchev–Trinajstić information content (AvgIpc) is 2.83. The number of nitrogens with one attached hydrogen (secondary N) is 1. The van der Waals surface area contributed by atoms with Crippen molar-refractivity contribution in [1.29, 1.82) is 0 Å². The van der Waals surface area contributed by atoms with Gasteiger partial charge >= 0.3 is 5.97 Å². The summed E-state index contributed by atoms with van der Waals surface area (Å²) in [6.45, 7) is 9.47. The number of ether oxygens (including phenoxy) is 1. The van der Waals surface area contributed by atoms with Crippen molar-refractivity contribution in [3.8, 4) is 0 Å². The highest BCUT2D eigenvalue weighted by molar-refractivity contribution is 7.18. The lowest BCUT2D eigenvalue weighted by molar-refractivity contribution is -0.155. The normalized spacial score (nSPS) is 12.4. The van der Waals surface area contributed by atoms with Gasteiger partial charge in [-0.3, -0.25) is 19.0 Å². The van der Waals surface area contributed by atoms with Gasteiger partial charge in [0.1, 0.15) is 11.4 Å². The van der Waals surface area contributed by atoms with Crippen LogP contribution in [0.2, 0.25) is 0 Å². The number of amides is 1. The summed E-state index contributed by atoms with van der Waals surface area (Å²) in [5.74, 6) is -0.701. The van der Waals surface area contributed by atoms with Gasteiger partial charge < -0.3 is 10.1 Å². The molecule has 0 aliphatic carbocycles. The fourth-order valence-electron chi connectivity index (χ4n) is 2.26. The minimum Gasteiger partial charge on any atom is -0.451 e. The van der Waals surface area contributed by atoms with Crippen LogP contribution in [0.4, 0.5) is 0 Å². The number of aryl methyl sites for hydroxylation is 2. The van der Waals surface area contributed by atoms with Crippen molar-refractivity contribution in [3.63, 3.8) is 0 Å². The first-order valence-corrected chi connectivity index (χ1v) is 8.94. The van der Waals surface area contributed by atoms with Gasteiger partial charge in [-0.1, -0.05) is 13.8 Å². The first kappa shape index (κ1) is 19.1. The van der Waals surface area contributed by atoms with Crippen molar-refractivity contribution in [1.82, 2.24) is 14.9 Å². The van der Waals surface area contributed by atoms with Crippen LogP contribution in [-0.4, -0.2) is 34.1 Å². The number of nitrogens with zero attached hydrogens (tertiary/aromatic N) is 2. The standard InChI is InChI=1S/C17H23N3O4S/c1-9(2)6-18-15(22)11(4)24-13(21)7-20-8-19-16-14(17(20)23)10(3)12(5)25-16/h8-9,11H,6-7H2,1-5H3,(H,18,22)/t11-/m0/s1. The molecule has 7 nitrogen and oxygen atoms in total. The Morgan fingerprint density at radius 1 is 1.32 bits per heavy atom. The van der Waals surface area contributed by atoms with Gasteiger partial charge in [0.15, 0.2) is 6.10 Å². The minimum atomic E-state index is -0.913. The van der Waals surface area contributed by atoms with Crippen molar-refractivity contribution in [3.05, 3.63) is 27.1 Å². The first-order valence-electron chi connectivity index (χ1n) is 8.13. The van der Waals surface area contributed by atoms with E-state index in [1.807, 2.05) is 27.7 Å². The molecule has 25 heavy (non-hydrogen) atoms. The predicted molar refractivity (Wildman–Crippen MR) is 96.8 cm³/mol. The summed E-state index contributed by atoms with van der Waals surface area (Å²) in [4.78, 5) is 42.4. The van der Waals surface area contributed by atoms with Crippen molar-refractivity contribution in [2.45, 2.75) is 47.3 Å². The van der Waals surface area contributed by atoms with E-state index < -0.39 is 12.1 Å². The van der Waals surface area contributed by atoms with Gasteiger partial charge in [0.25, 0.3) is 11.5 Å². The molecule has 0 saturated heterocycles. The zero-order valence-corrected chi connectivity index (χ0v) is 15.9. The maximum absolute atomic E-state index is 12.5. The third-order valence-electron chi connectivity index (χ3n) is 3.82. The summed E-state index contributed by atoms with van der Waals surface area (Å²) in [5, 5.41) is 3.23. The summed E-state index contributed by atoms with van der Waals surface area (Å²) in [6, 6.07) is 0. The summed E-state index contributed by atoms with van der Waals surface area (Å²) in [5.41, 5.74) is 0.599. The zero-order chi connectivity index (χ0) is 18.7. The van der Waals surface area contributed by atoms with E-state index in [9.17, 15) is 14.4 Å². The molecule has 0 radical (unpaired) electrons. The van der Waals surface area contributed by atoms with Crippen molar-refractivity contribution in [2.75, 3.05) is 6.54 Å². The van der Waals surface area contributed by atoms with Crippen LogP contribution in [0.15, 0.2) is 11.1 Å². The molecular formula is C17H23N3O4S. The Balaban J connectivity index is 2.07. The van der Waals surface area contributed by atoms with Crippen LogP contribution >= 0.6 is 11.3 Å². The lowest BCUT2D eigenvalue weighted by Gasteiger charge is -2.15. The highest BCUT2D eigenvalue weighted by Crippen LogP contribution is 2.25. The quantitative estimate of drug-likeness (QED) is 0.788. The van der Waals surface area contributed by atoms with Crippen molar-refractivity contribution in [2.24, 2.45) is 5.92 Å². The third kappa shape index (κ3) is 4.45. The molecule has 1 N–H and O–H groups in total. The number of hydrogen-bond donors (Lipinski definition) is 1. The van der Waals surface area contributed by atoms with Crippen LogP contribution < -0.4 is 10.9 Å². The Kier molecular flexibility index (Phi) is 5.94. The van der Waals surface area contributed by atoms with Gasteiger partial charge in [0, 0.05) is 11.4 Å². The molecule has 2 aromatic rings. The second-order valence-corrected chi connectivity index (χ2v) is 7.62. The topological polar surface area (TPSA) is 90.3 Å². The second-order valence-electron chi connectivity index (χ2n) is 6.41. The van der Waals surface area contributed by atoms with Gasteiger partial charge in [0.05, 0.1) is 11.7 Å². The molecule has 1 atom stereocenters. The molecule has 2 heterocycles. The van der Waals surface area contributed by atoms with Gasteiger partial charge in [-0.05, 0) is 32.3 Å². The average molecular weight is 365 g/mol. The number of esters is 1. The molecular weight excluding hydrogens is 342 g/mol. The summed E-state index contributed by atoms with van der Waals surface area (Å²) >= 11 is 1.45. The molecule has 0 aliphatic rings. The number of hydrogen-bond acceptors (Lipinski definition) is 6. The SMILES string of the molecule is Cc1sc2ncn(CC(=O)O[C@@H](C)C(=O)NCC(C)C)c(=O)c2c1C. The molecule has 2 rings (SSSR count). The van der Waals surface area contributed by atoms with Crippen LogP contribution in [0.25, 0.3) is 10.2 Å². The fraction of sp³-hybridized carbons (Fsp3) is 0.529. The summed E-state index contributed by atoms with van der Waals surface area (Å²) in [7, 11) is 0. The number of aromatic nitrogens is 2. The van der Waals surface area contributed by atoms with Gasteiger partial charge in [-0.25, -0.2) is 4.98 Å². The largest absolute Gasteiger partial charge is 0.451 e. The molecule has 0 fully saturated rings. The molecule has 136 valence electrons. The van der Waals surface area contributed by atoms with Gasteiger partial charge in [-0.2, -0.15) is 0 Å². The Hall–Kier alpha value is -2.22. The lowest BCUT2D eigenvalue weighted by atomic mass is 10.2. The number of fused-ring (bicyclic) bond motifs is 1. The minimum absolute atomic E-state index is 0.277. The monoisotopic (exact) mass is 365 g/mol. The van der Waals surface area contributed by atoms with Crippen LogP contribution in [0, 0.1) is 19.8 Å². The summed E-state index contributed by atoms with van der Waals surface area (Å²) in [6.07, 6.45) is 0.425. The Morgan fingerprint density at radius 2 is 2.00 bits per heavy atom. The van der Waals surface area contributed by atoms with Gasteiger partial charge in [-0.15, -0.1) is 11.3 Å². The predicted octanol–water partition coefficient (Wildman–Crippen LogP) is 1.78.